The molecule has 0 heterocycles. The van der Waals surface area contributed by atoms with E-state index in [-0.39, 0.29) is 106 Å². The maximum absolute atomic E-state index is 15.1. The minimum absolute atomic E-state index is 0. The summed E-state index contributed by atoms with van der Waals surface area (Å²) in [5.41, 5.74) is 0. The van der Waals surface area contributed by atoms with E-state index >= 15 is 4.39 Å². The van der Waals surface area contributed by atoms with Crippen molar-refractivity contribution in [3.05, 3.63) is 0 Å². The van der Waals surface area contributed by atoms with Crippen molar-refractivity contribution in [3.8, 4) is 0 Å². The Morgan fingerprint density at radius 2 is 0.269 bits per heavy atom. The zero-order chi connectivity index (χ0) is 75.6. The molecule has 119 heavy (non-hydrogen) atoms. The fourth-order valence-corrected chi connectivity index (χ4v) is 28.6. The summed E-state index contributed by atoms with van der Waals surface area (Å²) in [4.78, 5) is 0. The highest BCUT2D eigenvalue weighted by Gasteiger charge is 2.49. The van der Waals surface area contributed by atoms with E-state index in [9.17, 15) is 35.1 Å². The van der Waals surface area contributed by atoms with Crippen LogP contribution in [0.5, 0.6) is 0 Å². The fourth-order valence-electron chi connectivity index (χ4n) is 28.6. The van der Waals surface area contributed by atoms with E-state index in [4.69, 9.17) is 0 Å². The Morgan fingerprint density at radius 1 is 0.126 bits per heavy atom. The van der Waals surface area contributed by atoms with Gasteiger partial charge in [-0.05, 0) is 429 Å². The SMILES string of the molecule is CC1CCC(C2CCC(C3CCC(C)CC3F)CC2F)CC1.CC1CCC(C2CCC(C3CCC(C4CC(F)C(C)C(F)C4)C(F)C3)CC2)CC1.CC1CCC(C2CCC(C3CCC(C4CC(F)C(C)C(F)C4)CC3)CC2)CC1.CC1CCC(C2CCC(C3CCC(C4CC(F)C(C)C(F)C4)CC3)CC2)CC1.O.O.O.O.O.O.O.O.O.O.O.O.[HH].[HH].[HH]. The lowest BCUT2D eigenvalue weighted by atomic mass is 9.62. The predicted molar refractivity (Wildman–Crippen MR) is 479 cm³/mol. The second kappa shape index (κ2) is 56.4. The van der Waals surface area contributed by atoms with Gasteiger partial charge in [-0.3, -0.25) is 0 Å². The first kappa shape index (κ1) is 118. The van der Waals surface area contributed by atoms with E-state index in [1.165, 1.54) is 231 Å². The van der Waals surface area contributed by atoms with Crippen LogP contribution in [0.2, 0.25) is 0 Å². The summed E-state index contributed by atoms with van der Waals surface area (Å²) in [5.74, 6) is 16.9. The highest BCUT2D eigenvalue weighted by atomic mass is 19.2. The first-order valence-corrected chi connectivity index (χ1v) is 48.2. The van der Waals surface area contributed by atoms with Gasteiger partial charge in [-0.25, -0.2) is 39.5 Å². The Balaban J connectivity index is -0.000000734. The molecule has 15 aliphatic rings. The van der Waals surface area contributed by atoms with Gasteiger partial charge in [0, 0.05) is 22.0 Å². The van der Waals surface area contributed by atoms with E-state index < -0.39 is 61.5 Å². The third-order valence-corrected chi connectivity index (χ3v) is 36.9. The molecule has 0 bridgehead atoms. The van der Waals surface area contributed by atoms with Crippen LogP contribution in [0.1, 0.15) is 387 Å². The van der Waals surface area contributed by atoms with Crippen LogP contribution >= 0.6 is 0 Å². The minimum Gasteiger partial charge on any atom is -0.412 e. The number of hydrogen-bond acceptors (Lipinski definition) is 0. The van der Waals surface area contributed by atoms with Gasteiger partial charge in [0.25, 0.3) is 0 Å². The lowest BCUT2D eigenvalue weighted by molar-refractivity contribution is -0.0137. The molecule has 0 aromatic rings. The molecular weight excluding hydrogens is 1540 g/mol. The standard InChI is InChI=1S/C26H43F3.2C26H44F2.C20H34F2.12H2O.3H2/c1-16-3-5-18(6-4-16)19-7-9-20(10-8-19)21-11-12-23(26(29)13-21)22-14-24(27)17(2)25(28)15-22;2*1-17-3-5-19(6-4-17)20-7-9-21(10-8-20)22-11-13-23(14-12-22)24-15-25(27)18(2)26(28)16-24;1-13-3-6-15(7-4-13)17-10-8-16(12-20(17)22)18-9-5-14(2)11-19(18)21;;;;;;;;;;;;;;;/h16-26H,3-15H2,1-2H3;2*17-26H,3-16H2,1-2H3;13-20H,3-12H2,1-2H3;12*1H2;3*1H. The first-order chi connectivity index (χ1) is 51.5. The maximum atomic E-state index is 15.1. The molecule has 0 aromatic carbocycles. The van der Waals surface area contributed by atoms with Crippen LogP contribution < -0.4 is 0 Å². The summed E-state index contributed by atoms with van der Waals surface area (Å²) in [6.45, 7) is 16.9. The van der Waals surface area contributed by atoms with Gasteiger partial charge < -0.3 is 65.7 Å². The van der Waals surface area contributed by atoms with E-state index in [0.717, 1.165) is 121 Å². The van der Waals surface area contributed by atoms with E-state index in [1.807, 2.05) is 0 Å². The summed E-state index contributed by atoms with van der Waals surface area (Å²) in [6.07, 6.45) is 53.3. The number of hydrogen-bond donors (Lipinski definition) is 0. The number of halogens is 9. The molecule has 0 radical (unpaired) electrons. The summed E-state index contributed by atoms with van der Waals surface area (Å²) in [5, 5.41) is 0. The largest absolute Gasteiger partial charge is 0.412 e. The molecule has 0 spiro atoms. The van der Waals surface area contributed by atoms with Crippen LogP contribution in [0.3, 0.4) is 0 Å². The molecule has 15 rings (SSSR count). The van der Waals surface area contributed by atoms with Gasteiger partial charge >= 0.3 is 0 Å². The van der Waals surface area contributed by atoms with Crippen molar-refractivity contribution in [2.75, 3.05) is 0 Å². The molecule has 15 saturated carbocycles. The monoisotopic (exact) mass is 1740 g/mol. The van der Waals surface area contributed by atoms with Gasteiger partial charge in [0.15, 0.2) is 0 Å². The molecule has 12 nitrogen and oxygen atoms in total. The van der Waals surface area contributed by atoms with Crippen molar-refractivity contribution in [1.82, 2.24) is 0 Å². The van der Waals surface area contributed by atoms with Gasteiger partial charge in [-0.15, -0.1) is 0 Å². The summed E-state index contributed by atoms with van der Waals surface area (Å²) in [6, 6.07) is 0. The Kier molecular flexibility index (Phi) is 55.8. The molecule has 15 atom stereocenters. The van der Waals surface area contributed by atoms with Crippen LogP contribution in [-0.4, -0.2) is 121 Å². The van der Waals surface area contributed by atoms with Gasteiger partial charge in [0.2, 0.25) is 0 Å². The van der Waals surface area contributed by atoms with Crippen molar-refractivity contribution >= 4 is 0 Å². The van der Waals surface area contributed by atoms with Gasteiger partial charge in [-0.2, -0.15) is 0 Å². The zero-order valence-electron chi connectivity index (χ0n) is 76.0. The predicted octanol–water partition coefficient (Wildman–Crippen LogP) is 21.6. The van der Waals surface area contributed by atoms with Gasteiger partial charge in [-0.1, -0.05) is 113 Å². The van der Waals surface area contributed by atoms with Crippen LogP contribution in [0.15, 0.2) is 0 Å². The molecule has 0 amide bonds. The smallest absolute Gasteiger partial charge is 0.106 e. The molecule has 15 fully saturated rings. The van der Waals surface area contributed by atoms with Crippen molar-refractivity contribution in [3.63, 3.8) is 0 Å². The lowest BCUT2D eigenvalue weighted by Crippen LogP contribution is -2.42. The summed E-state index contributed by atoms with van der Waals surface area (Å²) < 4.78 is 129. The highest BCUT2D eigenvalue weighted by molar-refractivity contribution is 4.98. The quantitative estimate of drug-likeness (QED) is 0.174. The minimum atomic E-state index is -1.09. The van der Waals surface area contributed by atoms with Crippen LogP contribution in [0.25, 0.3) is 0 Å². The second-order valence-corrected chi connectivity index (χ2v) is 43.4. The molecule has 0 aromatic heterocycles. The molecule has 24 N–H and O–H groups in total. The lowest BCUT2D eigenvalue weighted by Gasteiger charge is -2.44. The molecule has 722 valence electrons. The summed E-state index contributed by atoms with van der Waals surface area (Å²) in [7, 11) is 0. The summed E-state index contributed by atoms with van der Waals surface area (Å²) >= 11 is 0. The topological polar surface area (TPSA) is 378 Å². The Morgan fingerprint density at radius 3 is 0.513 bits per heavy atom. The molecule has 21 heteroatoms. The third kappa shape index (κ3) is 31.9. The Hall–Kier alpha value is -1.11. The van der Waals surface area contributed by atoms with E-state index in [1.54, 1.807) is 20.8 Å². The van der Waals surface area contributed by atoms with Crippen LogP contribution in [-0.2, 0) is 0 Å². The molecule has 15 aliphatic carbocycles. The van der Waals surface area contributed by atoms with E-state index in [2.05, 4.69) is 34.6 Å². The van der Waals surface area contributed by atoms with E-state index in [0.29, 0.717) is 111 Å². The van der Waals surface area contributed by atoms with Crippen molar-refractivity contribution in [2.24, 2.45) is 178 Å². The normalized spacial score (nSPS) is 46.1. The average molecular weight is 1740 g/mol. The number of alkyl halides is 9. The van der Waals surface area contributed by atoms with Crippen molar-refractivity contribution < 1.29 is 110 Å². The van der Waals surface area contributed by atoms with Crippen molar-refractivity contribution in [2.45, 2.75) is 438 Å². The first-order valence-electron chi connectivity index (χ1n) is 48.2. The molecule has 0 saturated heterocycles. The Labute approximate surface area is 722 Å². The maximum Gasteiger partial charge on any atom is 0.106 e. The third-order valence-electron chi connectivity index (χ3n) is 36.9. The van der Waals surface area contributed by atoms with Crippen LogP contribution in [0.4, 0.5) is 39.5 Å². The van der Waals surface area contributed by atoms with Crippen molar-refractivity contribution in [1.29, 1.82) is 0 Å². The fraction of sp³-hybridized carbons (Fsp3) is 1.00. The molecule has 15 unspecified atom stereocenters. The van der Waals surface area contributed by atoms with Crippen LogP contribution in [0, 0.1) is 178 Å². The molecular formula is C98H195F9O12. The molecule has 0 aliphatic heterocycles. The zero-order valence-corrected chi connectivity index (χ0v) is 76.0. The number of rotatable bonds is 11. The van der Waals surface area contributed by atoms with Gasteiger partial charge in [0.1, 0.15) is 55.5 Å². The highest BCUT2D eigenvalue weighted by Crippen LogP contribution is 2.55. The average Bonchev–Trinajstić information content (AvgIpc) is 0.814. The second-order valence-electron chi connectivity index (χ2n) is 43.4. The Bertz CT molecular complexity index is 2410. The van der Waals surface area contributed by atoms with Gasteiger partial charge in [0.05, 0.1) is 0 Å².